The molecular weight excluding hydrogens is 242 g/mol. The average Bonchev–Trinajstić information content (AvgIpc) is 2.33. The number of aryl methyl sites for hydroxylation is 1. The number of hydrogen-bond acceptors (Lipinski definition) is 4. The van der Waals surface area contributed by atoms with Crippen LogP contribution in [-0.4, -0.2) is 25.5 Å². The number of ketones is 1. The molecule has 0 spiro atoms. The molecule has 0 aliphatic rings. The summed E-state index contributed by atoms with van der Waals surface area (Å²) in [6.45, 7) is 5.71. The number of rotatable bonds is 6. The Labute approximate surface area is 114 Å². The van der Waals surface area contributed by atoms with Gasteiger partial charge < -0.3 is 15.2 Å². The first-order chi connectivity index (χ1) is 8.78. The van der Waals surface area contributed by atoms with Crippen LogP contribution in [-0.2, 0) is 0 Å². The van der Waals surface area contributed by atoms with E-state index >= 15 is 0 Å². The Balaban J connectivity index is 3.02. The molecule has 0 unspecified atom stereocenters. The van der Waals surface area contributed by atoms with Crippen LogP contribution < -0.4 is 15.2 Å². The van der Waals surface area contributed by atoms with Crippen LogP contribution in [0.4, 0.5) is 0 Å². The van der Waals surface area contributed by atoms with E-state index in [4.69, 9.17) is 15.2 Å². The van der Waals surface area contributed by atoms with Crippen molar-refractivity contribution in [2.24, 2.45) is 5.73 Å². The van der Waals surface area contributed by atoms with E-state index in [-0.39, 0.29) is 11.3 Å². The summed E-state index contributed by atoms with van der Waals surface area (Å²) in [7, 11) is 3.14. The average molecular weight is 265 g/mol. The minimum Gasteiger partial charge on any atom is -0.497 e. The van der Waals surface area contributed by atoms with Crippen LogP contribution in [0.25, 0.3) is 0 Å². The summed E-state index contributed by atoms with van der Waals surface area (Å²) in [5, 5.41) is 0. The fraction of sp³-hybridized carbons (Fsp3) is 0.533. The molecule has 4 heteroatoms. The van der Waals surface area contributed by atoms with Gasteiger partial charge >= 0.3 is 0 Å². The van der Waals surface area contributed by atoms with Gasteiger partial charge in [-0.25, -0.2) is 0 Å². The second-order valence-electron chi connectivity index (χ2n) is 5.43. The number of methoxy groups -OCH3 is 2. The van der Waals surface area contributed by atoms with Crippen LogP contribution in [0.2, 0.25) is 0 Å². The van der Waals surface area contributed by atoms with Crippen molar-refractivity contribution < 1.29 is 14.3 Å². The molecule has 1 aromatic carbocycles. The van der Waals surface area contributed by atoms with Gasteiger partial charge in [-0.15, -0.1) is 0 Å². The van der Waals surface area contributed by atoms with Crippen LogP contribution >= 0.6 is 0 Å². The molecule has 19 heavy (non-hydrogen) atoms. The maximum Gasteiger partial charge on any atom is 0.166 e. The Morgan fingerprint density at radius 2 is 1.89 bits per heavy atom. The highest BCUT2D eigenvalue weighted by Gasteiger charge is 2.19. The van der Waals surface area contributed by atoms with E-state index in [0.717, 1.165) is 5.56 Å². The van der Waals surface area contributed by atoms with E-state index < -0.39 is 0 Å². The van der Waals surface area contributed by atoms with Gasteiger partial charge in [0.25, 0.3) is 0 Å². The molecule has 0 aliphatic carbocycles. The molecule has 0 aliphatic heterocycles. The molecule has 0 radical (unpaired) electrons. The Morgan fingerprint density at radius 3 is 2.37 bits per heavy atom. The zero-order valence-electron chi connectivity index (χ0n) is 12.4. The molecule has 0 saturated heterocycles. The maximum atomic E-state index is 12.3. The van der Waals surface area contributed by atoms with Crippen LogP contribution in [0.15, 0.2) is 12.1 Å². The standard InChI is InChI=1S/C15H23NO3/c1-10-8-11(18-4)9-13(19-5)14(10)12(17)6-7-15(2,3)16/h8-9H,6-7,16H2,1-5H3. The highest BCUT2D eigenvalue weighted by molar-refractivity contribution is 6.00. The fourth-order valence-corrected chi connectivity index (χ4v) is 1.92. The third-order valence-electron chi connectivity index (χ3n) is 3.00. The first-order valence-electron chi connectivity index (χ1n) is 6.33. The summed E-state index contributed by atoms with van der Waals surface area (Å²) in [4.78, 5) is 12.3. The van der Waals surface area contributed by atoms with Gasteiger partial charge in [0, 0.05) is 18.0 Å². The topological polar surface area (TPSA) is 61.5 Å². The van der Waals surface area contributed by atoms with Gasteiger partial charge in [-0.3, -0.25) is 4.79 Å². The second-order valence-corrected chi connectivity index (χ2v) is 5.43. The van der Waals surface area contributed by atoms with E-state index in [0.29, 0.717) is 29.9 Å². The van der Waals surface area contributed by atoms with Crippen molar-refractivity contribution in [3.05, 3.63) is 23.3 Å². The maximum absolute atomic E-state index is 12.3. The van der Waals surface area contributed by atoms with Crippen LogP contribution in [0.3, 0.4) is 0 Å². The Hall–Kier alpha value is -1.55. The van der Waals surface area contributed by atoms with E-state index in [2.05, 4.69) is 0 Å². The van der Waals surface area contributed by atoms with Gasteiger partial charge in [0.2, 0.25) is 0 Å². The Kier molecular flexibility index (Phi) is 4.95. The molecule has 1 aromatic rings. The number of ether oxygens (including phenoxy) is 2. The van der Waals surface area contributed by atoms with Crippen LogP contribution in [0.1, 0.15) is 42.6 Å². The first-order valence-corrected chi connectivity index (χ1v) is 6.33. The molecule has 2 N–H and O–H groups in total. The fourth-order valence-electron chi connectivity index (χ4n) is 1.92. The van der Waals surface area contributed by atoms with E-state index in [1.165, 1.54) is 0 Å². The van der Waals surface area contributed by atoms with Gasteiger partial charge in [0.1, 0.15) is 11.5 Å². The van der Waals surface area contributed by atoms with E-state index in [1.807, 2.05) is 26.8 Å². The molecule has 0 bridgehead atoms. The predicted molar refractivity (Wildman–Crippen MR) is 76.1 cm³/mol. The lowest BCUT2D eigenvalue weighted by Crippen LogP contribution is -2.32. The van der Waals surface area contributed by atoms with Gasteiger partial charge in [0.05, 0.1) is 19.8 Å². The number of hydrogen-bond donors (Lipinski definition) is 1. The predicted octanol–water partition coefficient (Wildman–Crippen LogP) is 2.71. The largest absolute Gasteiger partial charge is 0.497 e. The normalized spacial score (nSPS) is 11.3. The lowest BCUT2D eigenvalue weighted by molar-refractivity contribution is 0.0969. The van der Waals surface area contributed by atoms with Gasteiger partial charge in [-0.1, -0.05) is 0 Å². The van der Waals surface area contributed by atoms with Gasteiger partial charge in [-0.2, -0.15) is 0 Å². The molecule has 0 fully saturated rings. The minimum atomic E-state index is -0.344. The summed E-state index contributed by atoms with van der Waals surface area (Å²) in [6, 6.07) is 3.57. The van der Waals surface area contributed by atoms with Gasteiger partial charge in [0.15, 0.2) is 5.78 Å². The van der Waals surface area contributed by atoms with Crippen molar-refractivity contribution >= 4 is 5.78 Å². The third-order valence-corrected chi connectivity index (χ3v) is 3.00. The Bertz CT molecular complexity index is 461. The molecular formula is C15H23NO3. The molecule has 106 valence electrons. The molecule has 1 rings (SSSR count). The van der Waals surface area contributed by atoms with Crippen molar-refractivity contribution in [2.45, 2.75) is 39.2 Å². The molecule has 4 nitrogen and oxygen atoms in total. The van der Waals surface area contributed by atoms with Crippen molar-refractivity contribution in [1.82, 2.24) is 0 Å². The summed E-state index contributed by atoms with van der Waals surface area (Å²) >= 11 is 0. The highest BCUT2D eigenvalue weighted by atomic mass is 16.5. The van der Waals surface area contributed by atoms with Crippen molar-refractivity contribution in [1.29, 1.82) is 0 Å². The number of Topliss-reactive ketones (excluding diaryl/α,β-unsaturated/α-hetero) is 1. The second kappa shape index (κ2) is 6.06. The molecule has 0 heterocycles. The van der Waals surface area contributed by atoms with Crippen molar-refractivity contribution in [3.8, 4) is 11.5 Å². The minimum absolute atomic E-state index is 0.0514. The zero-order chi connectivity index (χ0) is 14.6. The number of carbonyl (C=O) groups is 1. The quantitative estimate of drug-likeness (QED) is 0.803. The number of carbonyl (C=O) groups excluding carboxylic acids is 1. The molecule has 0 saturated carbocycles. The van der Waals surface area contributed by atoms with Crippen LogP contribution in [0.5, 0.6) is 11.5 Å². The molecule has 0 aromatic heterocycles. The van der Waals surface area contributed by atoms with Gasteiger partial charge in [-0.05, 0) is 38.8 Å². The number of benzene rings is 1. The van der Waals surface area contributed by atoms with E-state index in [1.54, 1.807) is 20.3 Å². The summed E-state index contributed by atoms with van der Waals surface area (Å²) in [5.74, 6) is 1.29. The summed E-state index contributed by atoms with van der Waals surface area (Å²) < 4.78 is 10.5. The van der Waals surface area contributed by atoms with E-state index in [9.17, 15) is 4.79 Å². The summed E-state index contributed by atoms with van der Waals surface area (Å²) in [5.41, 5.74) is 7.04. The molecule has 0 atom stereocenters. The monoisotopic (exact) mass is 265 g/mol. The Morgan fingerprint density at radius 1 is 1.26 bits per heavy atom. The molecule has 0 amide bonds. The lowest BCUT2D eigenvalue weighted by Gasteiger charge is -2.18. The summed E-state index contributed by atoms with van der Waals surface area (Å²) in [6.07, 6.45) is 1.05. The van der Waals surface area contributed by atoms with Crippen molar-refractivity contribution in [2.75, 3.05) is 14.2 Å². The van der Waals surface area contributed by atoms with Crippen LogP contribution in [0, 0.1) is 6.92 Å². The smallest absolute Gasteiger partial charge is 0.166 e. The SMILES string of the molecule is COc1cc(C)c(C(=O)CCC(C)(C)N)c(OC)c1. The zero-order valence-corrected chi connectivity index (χ0v) is 12.4. The third kappa shape index (κ3) is 4.24. The lowest BCUT2D eigenvalue weighted by atomic mass is 9.93. The highest BCUT2D eigenvalue weighted by Crippen LogP contribution is 2.30. The number of nitrogens with two attached hydrogens (primary N) is 1. The first kappa shape index (κ1) is 15.5. The van der Waals surface area contributed by atoms with Crippen molar-refractivity contribution in [3.63, 3.8) is 0 Å².